The monoisotopic (exact) mass is 378 g/mol. The number of halogens is 3. The number of rotatable bonds is 6. The molecule has 0 saturated heterocycles. The third-order valence-corrected chi connectivity index (χ3v) is 4.17. The highest BCUT2D eigenvalue weighted by atomic mass is 19.4. The Hall–Kier alpha value is -2.34. The van der Waals surface area contributed by atoms with Crippen LogP contribution in [-0.4, -0.2) is 38.0 Å². The van der Waals surface area contributed by atoms with E-state index in [4.69, 9.17) is 0 Å². The smallest absolute Gasteiger partial charge is 0.351 e. The first-order valence-electron chi connectivity index (χ1n) is 8.69. The zero-order valence-electron chi connectivity index (χ0n) is 16.0. The van der Waals surface area contributed by atoms with E-state index >= 15 is 0 Å². The first kappa shape index (κ1) is 21.0. The Labute approximate surface area is 158 Å². The number of alkyl halides is 3. The van der Waals surface area contributed by atoms with Crippen LogP contribution in [0.5, 0.6) is 0 Å². The van der Waals surface area contributed by atoms with Gasteiger partial charge in [-0.15, -0.1) is 0 Å². The van der Waals surface area contributed by atoms with E-state index in [2.05, 4.69) is 24.1 Å². The lowest BCUT2D eigenvalue weighted by Crippen LogP contribution is -2.40. The summed E-state index contributed by atoms with van der Waals surface area (Å²) in [7, 11) is 3.95. The highest BCUT2D eigenvalue weighted by molar-refractivity contribution is 6.00. The topological polar surface area (TPSA) is 32.3 Å². The molecule has 0 aromatic heterocycles. The maximum atomic E-state index is 12.8. The van der Waals surface area contributed by atoms with Gasteiger partial charge in [-0.2, -0.15) is 13.2 Å². The quantitative estimate of drug-likeness (QED) is 0.791. The van der Waals surface area contributed by atoms with Gasteiger partial charge in [0.05, 0.1) is 5.56 Å². The number of benzene rings is 2. The number of hydrogen-bond donors (Lipinski definition) is 1. The summed E-state index contributed by atoms with van der Waals surface area (Å²) in [6, 6.07) is 11.8. The predicted octanol–water partition coefficient (Wildman–Crippen LogP) is 4.69. The maximum absolute atomic E-state index is 12.8. The molecule has 1 N–H and O–H groups in total. The molecule has 0 unspecified atom stereocenters. The molecule has 0 atom stereocenters. The molecule has 2 aromatic carbocycles. The van der Waals surface area contributed by atoms with Gasteiger partial charge in [0.1, 0.15) is 0 Å². The van der Waals surface area contributed by atoms with Crippen molar-refractivity contribution in [2.24, 2.45) is 5.41 Å². The van der Waals surface area contributed by atoms with Gasteiger partial charge in [-0.3, -0.25) is 4.79 Å². The molecule has 2 rings (SSSR count). The molecule has 0 aliphatic rings. The summed E-state index contributed by atoms with van der Waals surface area (Å²) >= 11 is 0. The summed E-state index contributed by atoms with van der Waals surface area (Å²) in [5.74, 6) is -0.239. The SMILES string of the molecule is CN(C)CC(C)(C)CNC(=O)c1ccccc1-c1ccc(C(F)(F)F)cc1. The van der Waals surface area contributed by atoms with Gasteiger partial charge in [-0.05, 0) is 48.8 Å². The summed E-state index contributed by atoms with van der Waals surface area (Å²) in [4.78, 5) is 14.8. The lowest BCUT2D eigenvalue weighted by Gasteiger charge is -2.28. The van der Waals surface area contributed by atoms with Crippen LogP contribution in [-0.2, 0) is 6.18 Å². The van der Waals surface area contributed by atoms with Gasteiger partial charge in [0.25, 0.3) is 5.91 Å². The first-order valence-corrected chi connectivity index (χ1v) is 8.69. The minimum absolute atomic E-state index is 0.109. The average molecular weight is 378 g/mol. The zero-order chi connectivity index (χ0) is 20.2. The van der Waals surface area contributed by atoms with Crippen molar-refractivity contribution in [3.63, 3.8) is 0 Å². The predicted molar refractivity (Wildman–Crippen MR) is 102 cm³/mol. The van der Waals surface area contributed by atoms with Crippen molar-refractivity contribution >= 4 is 5.91 Å². The lowest BCUT2D eigenvalue weighted by molar-refractivity contribution is -0.137. The highest BCUT2D eigenvalue weighted by Gasteiger charge is 2.30. The van der Waals surface area contributed by atoms with E-state index in [0.717, 1.165) is 18.7 Å². The molecule has 0 aliphatic heterocycles. The fourth-order valence-electron chi connectivity index (χ4n) is 3.10. The van der Waals surface area contributed by atoms with Gasteiger partial charge in [0.15, 0.2) is 0 Å². The van der Waals surface area contributed by atoms with E-state index < -0.39 is 11.7 Å². The Morgan fingerprint density at radius 3 is 2.15 bits per heavy atom. The molecule has 0 saturated carbocycles. The summed E-state index contributed by atoms with van der Waals surface area (Å²) in [5, 5.41) is 2.94. The van der Waals surface area contributed by atoms with Crippen LogP contribution < -0.4 is 5.32 Å². The van der Waals surface area contributed by atoms with Crippen LogP contribution in [0.1, 0.15) is 29.8 Å². The molecule has 0 aliphatic carbocycles. The fraction of sp³-hybridized carbons (Fsp3) is 0.381. The standard InChI is InChI=1S/C21H25F3N2O/c1-20(2,14-26(3)4)13-25-19(27)18-8-6-5-7-17(18)15-9-11-16(12-10-15)21(22,23)24/h5-12H,13-14H2,1-4H3,(H,25,27). The van der Waals surface area contributed by atoms with E-state index in [1.165, 1.54) is 12.1 Å². The minimum Gasteiger partial charge on any atom is -0.351 e. The molecule has 2 aromatic rings. The van der Waals surface area contributed by atoms with E-state index in [9.17, 15) is 18.0 Å². The second-order valence-corrected chi connectivity index (χ2v) is 7.71. The molecule has 0 heterocycles. The summed E-state index contributed by atoms with van der Waals surface area (Å²) < 4.78 is 38.3. The molecule has 6 heteroatoms. The molecule has 27 heavy (non-hydrogen) atoms. The largest absolute Gasteiger partial charge is 0.416 e. The number of nitrogens with zero attached hydrogens (tertiary/aromatic N) is 1. The average Bonchev–Trinajstić information content (AvgIpc) is 2.58. The third kappa shape index (κ3) is 5.82. The Kier molecular flexibility index (Phi) is 6.31. The molecule has 0 radical (unpaired) electrons. The Morgan fingerprint density at radius 1 is 1.00 bits per heavy atom. The summed E-state index contributed by atoms with van der Waals surface area (Å²) in [6.45, 7) is 5.43. The first-order chi connectivity index (χ1) is 12.5. The molecule has 1 amide bonds. The molecular weight excluding hydrogens is 353 g/mol. The molecule has 0 bridgehead atoms. The number of carbonyl (C=O) groups is 1. The van der Waals surface area contributed by atoms with E-state index in [1.807, 2.05) is 14.1 Å². The van der Waals surface area contributed by atoms with Crippen molar-refractivity contribution in [1.82, 2.24) is 10.2 Å². The number of carbonyl (C=O) groups excluding carboxylic acids is 1. The van der Waals surface area contributed by atoms with Crippen molar-refractivity contribution in [3.05, 3.63) is 59.7 Å². The number of nitrogens with one attached hydrogen (secondary N) is 1. The van der Waals surface area contributed by atoms with E-state index in [-0.39, 0.29) is 11.3 Å². The molecule has 0 spiro atoms. The maximum Gasteiger partial charge on any atom is 0.416 e. The molecule has 0 fully saturated rings. The van der Waals surface area contributed by atoms with Crippen LogP contribution in [0.15, 0.2) is 48.5 Å². The second-order valence-electron chi connectivity index (χ2n) is 7.71. The summed E-state index contributed by atoms with van der Waals surface area (Å²) in [5.41, 5.74) is 0.801. The van der Waals surface area contributed by atoms with Crippen LogP contribution >= 0.6 is 0 Å². The Bertz CT molecular complexity index is 781. The molecular formula is C21H25F3N2O. The Balaban J connectivity index is 2.21. The number of hydrogen-bond acceptors (Lipinski definition) is 2. The van der Waals surface area contributed by atoms with Crippen molar-refractivity contribution in [2.45, 2.75) is 20.0 Å². The van der Waals surface area contributed by atoms with Gasteiger partial charge < -0.3 is 10.2 Å². The van der Waals surface area contributed by atoms with E-state index in [0.29, 0.717) is 23.2 Å². The molecule has 146 valence electrons. The van der Waals surface area contributed by atoms with Gasteiger partial charge >= 0.3 is 6.18 Å². The van der Waals surface area contributed by atoms with Crippen molar-refractivity contribution in [3.8, 4) is 11.1 Å². The van der Waals surface area contributed by atoms with Crippen molar-refractivity contribution < 1.29 is 18.0 Å². The van der Waals surface area contributed by atoms with Crippen LogP contribution in [0.4, 0.5) is 13.2 Å². The minimum atomic E-state index is -4.38. The third-order valence-electron chi connectivity index (χ3n) is 4.17. The van der Waals surface area contributed by atoms with Gasteiger partial charge in [-0.1, -0.05) is 44.2 Å². The summed E-state index contributed by atoms with van der Waals surface area (Å²) in [6.07, 6.45) is -4.38. The highest BCUT2D eigenvalue weighted by Crippen LogP contribution is 2.31. The fourth-order valence-corrected chi connectivity index (χ4v) is 3.10. The second kappa shape index (κ2) is 8.13. The van der Waals surface area contributed by atoms with Crippen molar-refractivity contribution in [2.75, 3.05) is 27.2 Å². The van der Waals surface area contributed by atoms with Crippen LogP contribution in [0.2, 0.25) is 0 Å². The van der Waals surface area contributed by atoms with Crippen LogP contribution in [0.25, 0.3) is 11.1 Å². The normalized spacial score (nSPS) is 12.3. The van der Waals surface area contributed by atoms with Crippen LogP contribution in [0.3, 0.4) is 0 Å². The van der Waals surface area contributed by atoms with Crippen molar-refractivity contribution in [1.29, 1.82) is 0 Å². The van der Waals surface area contributed by atoms with Gasteiger partial charge in [0.2, 0.25) is 0 Å². The van der Waals surface area contributed by atoms with E-state index in [1.54, 1.807) is 24.3 Å². The zero-order valence-corrected chi connectivity index (χ0v) is 16.0. The molecule has 3 nitrogen and oxygen atoms in total. The lowest BCUT2D eigenvalue weighted by atomic mass is 9.92. The number of amides is 1. The Morgan fingerprint density at radius 2 is 1.59 bits per heavy atom. The van der Waals surface area contributed by atoms with Gasteiger partial charge in [0, 0.05) is 18.7 Å². The van der Waals surface area contributed by atoms with Gasteiger partial charge in [-0.25, -0.2) is 0 Å². The van der Waals surface area contributed by atoms with Crippen LogP contribution in [0, 0.1) is 5.41 Å².